The predicted octanol–water partition coefficient (Wildman–Crippen LogP) is 1.41. The van der Waals surface area contributed by atoms with Crippen LogP contribution in [0.3, 0.4) is 0 Å². The van der Waals surface area contributed by atoms with Crippen molar-refractivity contribution in [3.05, 3.63) is 18.5 Å². The molecule has 144 valence electrons. The largest absolute Gasteiger partial charge is 0.379 e. The Hall–Kier alpha value is -0.870. The molecule has 1 fully saturated rings. The Kier molecular flexibility index (Phi) is 11.1. The van der Waals surface area contributed by atoms with Gasteiger partial charge in [-0.15, -0.1) is 24.0 Å². The monoisotopic (exact) mass is 464 g/mol. The Morgan fingerprint density at radius 1 is 1.28 bits per heavy atom. The van der Waals surface area contributed by atoms with Gasteiger partial charge in [-0.1, -0.05) is 13.8 Å². The van der Waals surface area contributed by atoms with Crippen LogP contribution in [-0.2, 0) is 11.3 Å². The molecule has 1 saturated heterocycles. The van der Waals surface area contributed by atoms with Gasteiger partial charge in [-0.2, -0.15) is 5.10 Å². The highest BCUT2D eigenvalue weighted by Crippen LogP contribution is 2.12. The molecule has 0 saturated carbocycles. The molecule has 1 unspecified atom stereocenters. The summed E-state index contributed by atoms with van der Waals surface area (Å²) in [5, 5.41) is 11.1. The molecule has 1 aliphatic heterocycles. The van der Waals surface area contributed by atoms with E-state index in [1.54, 1.807) is 0 Å². The Morgan fingerprint density at radius 2 is 2.04 bits per heavy atom. The van der Waals surface area contributed by atoms with E-state index >= 15 is 0 Å². The van der Waals surface area contributed by atoms with Crippen LogP contribution in [0.15, 0.2) is 23.5 Å². The number of guanidine groups is 1. The average Bonchev–Trinajstić information content (AvgIpc) is 3.11. The Morgan fingerprint density at radius 3 is 2.64 bits per heavy atom. The molecule has 0 aromatic carbocycles. The molecule has 0 radical (unpaired) electrons. The third-order valence-corrected chi connectivity index (χ3v) is 4.40. The molecule has 8 heteroatoms. The number of aliphatic imine (C=N–C) groups is 1. The van der Waals surface area contributed by atoms with Crippen LogP contribution in [0.4, 0.5) is 0 Å². The lowest BCUT2D eigenvalue weighted by Gasteiger charge is -2.37. The molecule has 2 rings (SSSR count). The number of halogens is 1. The number of rotatable bonds is 8. The van der Waals surface area contributed by atoms with Gasteiger partial charge in [0.2, 0.25) is 0 Å². The van der Waals surface area contributed by atoms with Crippen LogP contribution in [0.25, 0.3) is 0 Å². The molecule has 1 aliphatic rings. The molecule has 0 spiro atoms. The second-order valence-corrected chi connectivity index (χ2v) is 6.46. The summed E-state index contributed by atoms with van der Waals surface area (Å²) in [5.41, 5.74) is 0. The van der Waals surface area contributed by atoms with Crippen LogP contribution < -0.4 is 10.6 Å². The van der Waals surface area contributed by atoms with E-state index in [-0.39, 0.29) is 24.0 Å². The van der Waals surface area contributed by atoms with Crippen molar-refractivity contribution < 1.29 is 4.74 Å². The van der Waals surface area contributed by atoms with E-state index in [0.29, 0.717) is 12.0 Å². The van der Waals surface area contributed by atoms with Crippen molar-refractivity contribution in [2.75, 3.05) is 46.4 Å². The third-order valence-electron chi connectivity index (χ3n) is 4.40. The predicted molar refractivity (Wildman–Crippen MR) is 113 cm³/mol. The summed E-state index contributed by atoms with van der Waals surface area (Å²) in [5.74, 6) is 1.46. The number of morpholine rings is 1. The maximum atomic E-state index is 5.47. The van der Waals surface area contributed by atoms with Crippen LogP contribution in [-0.4, -0.2) is 73.1 Å². The van der Waals surface area contributed by atoms with Gasteiger partial charge in [-0.05, 0) is 18.4 Å². The van der Waals surface area contributed by atoms with Crippen molar-refractivity contribution in [1.82, 2.24) is 25.3 Å². The smallest absolute Gasteiger partial charge is 0.191 e. The molecule has 0 bridgehead atoms. The SMILES string of the molecule is CN=C(NCCCn1cccn1)NCC(C(C)C)N1CCOCC1.I. The molecule has 2 heterocycles. The summed E-state index contributed by atoms with van der Waals surface area (Å²) in [6.07, 6.45) is 4.81. The molecular formula is C17H33IN6O. The Labute approximate surface area is 168 Å². The van der Waals surface area contributed by atoms with Gasteiger partial charge in [0.05, 0.1) is 13.2 Å². The van der Waals surface area contributed by atoms with Crippen LogP contribution in [0.2, 0.25) is 0 Å². The van der Waals surface area contributed by atoms with Crippen molar-refractivity contribution >= 4 is 29.9 Å². The Balaban J connectivity index is 0.00000312. The highest BCUT2D eigenvalue weighted by Gasteiger charge is 2.23. The fourth-order valence-corrected chi connectivity index (χ4v) is 3.00. The number of nitrogens with one attached hydrogen (secondary N) is 2. The lowest BCUT2D eigenvalue weighted by molar-refractivity contribution is 0.00752. The van der Waals surface area contributed by atoms with E-state index in [2.05, 4.69) is 39.5 Å². The third kappa shape index (κ3) is 7.91. The van der Waals surface area contributed by atoms with Gasteiger partial charge in [-0.25, -0.2) is 0 Å². The Bertz CT molecular complexity index is 473. The molecule has 1 aromatic rings. The molecule has 1 aromatic heterocycles. The van der Waals surface area contributed by atoms with Crippen molar-refractivity contribution in [2.45, 2.75) is 32.9 Å². The lowest BCUT2D eigenvalue weighted by atomic mass is 10.0. The number of nitrogens with zero attached hydrogens (tertiary/aromatic N) is 4. The summed E-state index contributed by atoms with van der Waals surface area (Å²) in [6.45, 7) is 11.0. The lowest BCUT2D eigenvalue weighted by Crippen LogP contribution is -2.52. The van der Waals surface area contributed by atoms with Gasteiger partial charge in [0.1, 0.15) is 0 Å². The van der Waals surface area contributed by atoms with Crippen molar-refractivity contribution in [3.8, 4) is 0 Å². The van der Waals surface area contributed by atoms with Gasteiger partial charge < -0.3 is 15.4 Å². The molecule has 0 aliphatic carbocycles. The molecule has 7 nitrogen and oxygen atoms in total. The maximum Gasteiger partial charge on any atom is 0.191 e. The maximum absolute atomic E-state index is 5.47. The van der Waals surface area contributed by atoms with Gasteiger partial charge in [-0.3, -0.25) is 14.6 Å². The minimum Gasteiger partial charge on any atom is -0.379 e. The van der Waals surface area contributed by atoms with Gasteiger partial charge in [0.25, 0.3) is 0 Å². The zero-order valence-corrected chi connectivity index (χ0v) is 18.0. The number of aromatic nitrogens is 2. The van der Waals surface area contributed by atoms with Crippen molar-refractivity contribution in [3.63, 3.8) is 0 Å². The number of hydrogen-bond acceptors (Lipinski definition) is 4. The second kappa shape index (κ2) is 12.5. The van der Waals surface area contributed by atoms with Crippen molar-refractivity contribution in [2.24, 2.45) is 10.9 Å². The van der Waals surface area contributed by atoms with E-state index < -0.39 is 0 Å². The highest BCUT2D eigenvalue weighted by atomic mass is 127. The van der Waals surface area contributed by atoms with Gasteiger partial charge in [0.15, 0.2) is 5.96 Å². The normalized spacial score (nSPS) is 17.2. The average molecular weight is 464 g/mol. The van der Waals surface area contributed by atoms with Crippen LogP contribution >= 0.6 is 24.0 Å². The van der Waals surface area contributed by atoms with Gasteiger partial charge in [0, 0.05) is 58.2 Å². The minimum absolute atomic E-state index is 0. The van der Waals surface area contributed by atoms with E-state index in [1.807, 2.05) is 30.2 Å². The van der Waals surface area contributed by atoms with Crippen LogP contribution in [0.1, 0.15) is 20.3 Å². The first-order valence-corrected chi connectivity index (χ1v) is 8.94. The topological polar surface area (TPSA) is 66.7 Å². The van der Waals surface area contributed by atoms with Crippen molar-refractivity contribution in [1.29, 1.82) is 0 Å². The zero-order valence-electron chi connectivity index (χ0n) is 15.6. The molecular weight excluding hydrogens is 431 g/mol. The van der Waals surface area contributed by atoms with Crippen LogP contribution in [0, 0.1) is 5.92 Å². The standard InChI is InChI=1S/C17H32N6O.HI/c1-15(2)16(22-10-12-24-13-11-22)14-20-17(18-3)19-6-4-8-23-9-5-7-21-23;/h5,7,9,15-16H,4,6,8,10-14H2,1-3H3,(H2,18,19,20);1H. The fourth-order valence-electron chi connectivity index (χ4n) is 3.00. The summed E-state index contributed by atoms with van der Waals surface area (Å²) in [6, 6.07) is 2.45. The minimum atomic E-state index is 0. The van der Waals surface area contributed by atoms with E-state index in [0.717, 1.165) is 58.3 Å². The molecule has 1 atom stereocenters. The number of hydrogen-bond donors (Lipinski definition) is 2. The van der Waals surface area contributed by atoms with Gasteiger partial charge >= 0.3 is 0 Å². The zero-order chi connectivity index (χ0) is 17.2. The summed E-state index contributed by atoms with van der Waals surface area (Å²) < 4.78 is 7.42. The summed E-state index contributed by atoms with van der Waals surface area (Å²) in [4.78, 5) is 6.85. The molecule has 0 amide bonds. The summed E-state index contributed by atoms with van der Waals surface area (Å²) >= 11 is 0. The van der Waals surface area contributed by atoms with E-state index in [4.69, 9.17) is 4.74 Å². The first kappa shape index (κ1) is 22.2. The quantitative estimate of drug-likeness (QED) is 0.264. The number of aryl methyl sites for hydroxylation is 1. The molecule has 2 N–H and O–H groups in total. The highest BCUT2D eigenvalue weighted by molar-refractivity contribution is 14.0. The van der Waals surface area contributed by atoms with E-state index in [1.165, 1.54) is 0 Å². The number of ether oxygens (including phenoxy) is 1. The van der Waals surface area contributed by atoms with E-state index in [9.17, 15) is 0 Å². The fraction of sp³-hybridized carbons (Fsp3) is 0.765. The first-order chi connectivity index (χ1) is 11.7. The first-order valence-electron chi connectivity index (χ1n) is 8.94. The molecule has 25 heavy (non-hydrogen) atoms. The summed E-state index contributed by atoms with van der Waals surface area (Å²) in [7, 11) is 1.82. The van der Waals surface area contributed by atoms with Crippen LogP contribution in [0.5, 0.6) is 0 Å². The second-order valence-electron chi connectivity index (χ2n) is 6.46.